The summed E-state index contributed by atoms with van der Waals surface area (Å²) in [6.07, 6.45) is 10.6. The number of thioether (sulfide) groups is 3. The van der Waals surface area contributed by atoms with Crippen LogP contribution in [-0.2, 0) is 0 Å². The van der Waals surface area contributed by atoms with E-state index in [4.69, 9.17) is 15.0 Å². The van der Waals surface area contributed by atoms with Crippen molar-refractivity contribution in [3.63, 3.8) is 0 Å². The molecular weight excluding hydrogens is 1430 g/mol. The number of pyridine rings is 3. The molecule has 0 aliphatic carbocycles. The Labute approximate surface area is 606 Å². The van der Waals surface area contributed by atoms with Crippen LogP contribution in [0.2, 0.25) is 0 Å². The molecule has 0 radical (unpaired) electrons. The zero-order valence-electron chi connectivity index (χ0n) is 56.0. The second-order valence-corrected chi connectivity index (χ2v) is 29.2. The molecule has 1 unspecified atom stereocenters. The van der Waals surface area contributed by atoms with E-state index in [9.17, 15) is 0 Å². The van der Waals surface area contributed by atoms with Crippen molar-refractivity contribution in [3.8, 4) is 0 Å². The summed E-state index contributed by atoms with van der Waals surface area (Å²) in [5.74, 6) is 0.0804. The number of allylic oxidation sites excluding steroid dienone is 1. The highest BCUT2D eigenvalue weighted by atomic mass is 79.9. The SMILES string of the molecule is CSc1nc2ccc(Br)cc2cc1/C(=C(/CCN(C)C)c1ccccc1)c1ccccc1.CSc1nc2ccc(Br)cc2cc1/C(=C(\CCN(C)C)c1ccccc1)c1ccccc1.CSc1nc2ccc(Br)cc2cc1C(/C(=C/CN(C)C)c1ccccc1)c1ccccc1. The topological polar surface area (TPSA) is 48.4 Å². The molecule has 0 bridgehead atoms. The molecule has 0 aliphatic heterocycles. The maximum absolute atomic E-state index is 5.06. The Kier molecular flexibility index (Phi) is 26.4. The minimum absolute atomic E-state index is 0.0804. The highest BCUT2D eigenvalue weighted by molar-refractivity contribution is 9.11. The first-order valence-electron chi connectivity index (χ1n) is 32.1. The van der Waals surface area contributed by atoms with Crippen LogP contribution in [0.1, 0.15) is 68.8 Å². The molecule has 0 fully saturated rings. The zero-order valence-corrected chi connectivity index (χ0v) is 63.2. The van der Waals surface area contributed by atoms with Gasteiger partial charge in [-0.3, -0.25) is 0 Å². The van der Waals surface area contributed by atoms with Crippen LogP contribution < -0.4 is 0 Å². The summed E-state index contributed by atoms with van der Waals surface area (Å²) in [6, 6.07) is 90.3. The minimum Gasteiger partial charge on any atom is -0.309 e. The Hall–Kier alpha value is -7.20. The molecule has 9 aromatic carbocycles. The third kappa shape index (κ3) is 18.7. The van der Waals surface area contributed by atoms with E-state index in [1.807, 2.05) is 0 Å². The van der Waals surface area contributed by atoms with Crippen molar-refractivity contribution < 1.29 is 0 Å². The molecule has 12 rings (SSSR count). The van der Waals surface area contributed by atoms with Crippen LogP contribution in [-0.4, -0.2) is 110 Å². The summed E-state index contributed by atoms with van der Waals surface area (Å²) in [5.41, 5.74) is 20.6. The number of nitrogens with zero attached hydrogens (tertiary/aromatic N) is 6. The van der Waals surface area contributed by atoms with Crippen molar-refractivity contribution in [2.24, 2.45) is 0 Å². The molecule has 0 saturated heterocycles. The van der Waals surface area contributed by atoms with E-state index in [-0.39, 0.29) is 5.92 Å². The molecule has 0 saturated carbocycles. The summed E-state index contributed by atoms with van der Waals surface area (Å²) in [6.45, 7) is 2.82. The van der Waals surface area contributed by atoms with E-state index in [2.05, 4.69) is 384 Å². The van der Waals surface area contributed by atoms with Crippen LogP contribution >= 0.6 is 83.1 Å². The molecule has 0 aliphatic rings. The quantitative estimate of drug-likeness (QED) is 0.0517. The molecule has 12 aromatic rings. The van der Waals surface area contributed by atoms with Gasteiger partial charge in [0.05, 0.1) is 16.6 Å². The first kappa shape index (κ1) is 71.6. The number of fused-ring (bicyclic) bond motifs is 3. The lowest BCUT2D eigenvalue weighted by Gasteiger charge is -2.25. The molecule has 486 valence electrons. The first-order valence-corrected chi connectivity index (χ1v) is 38.1. The van der Waals surface area contributed by atoms with E-state index in [0.717, 1.165) is 93.7 Å². The van der Waals surface area contributed by atoms with Gasteiger partial charge in [0, 0.05) is 66.3 Å². The highest BCUT2D eigenvalue weighted by Gasteiger charge is 2.26. The van der Waals surface area contributed by atoms with Gasteiger partial charge >= 0.3 is 0 Å². The second-order valence-electron chi connectivity index (χ2n) is 24.1. The number of hydrogen-bond donors (Lipinski definition) is 0. The Bertz CT molecular complexity index is 4430. The monoisotopic (exact) mass is 1510 g/mol. The molecular formula is C84H81Br3N6S3. The fraction of sp³-hybridized carbons (Fsp3) is 0.179. The number of likely N-dealkylation sites (N-methyl/N-ethyl adjacent to an activating group) is 1. The summed E-state index contributed by atoms with van der Waals surface area (Å²) < 4.78 is 3.20. The Balaban J connectivity index is 0.000000157. The normalized spacial score (nSPS) is 12.5. The zero-order chi connectivity index (χ0) is 67.5. The summed E-state index contributed by atoms with van der Waals surface area (Å²) in [7, 11) is 12.7. The standard InChI is InChI=1S/3C28H27BrN2S/c3*1-31(2)17-16-24(20-10-6-4-7-11-20)27(21-12-8-5-9-13-21)25-19-22-18-23(29)14-15-26(22)30-28(25)32-3/h2*4-15,18-19H,16-17H2,1-3H3;4-16,18-19,27H,17H2,1-3H3/b27-24+;27-24-;24-16+. The Morgan fingerprint density at radius 3 is 1.06 bits per heavy atom. The molecule has 3 aromatic heterocycles. The van der Waals surface area contributed by atoms with Crippen molar-refractivity contribution in [1.29, 1.82) is 0 Å². The molecule has 0 spiro atoms. The molecule has 96 heavy (non-hydrogen) atoms. The van der Waals surface area contributed by atoms with E-state index in [1.165, 1.54) is 77.9 Å². The van der Waals surface area contributed by atoms with Gasteiger partial charge < -0.3 is 14.7 Å². The Morgan fingerprint density at radius 2 is 0.708 bits per heavy atom. The third-order valence-electron chi connectivity index (χ3n) is 16.5. The Morgan fingerprint density at radius 1 is 0.375 bits per heavy atom. The second kappa shape index (κ2) is 35.3. The summed E-state index contributed by atoms with van der Waals surface area (Å²) >= 11 is 16.0. The van der Waals surface area contributed by atoms with Gasteiger partial charge in [0.2, 0.25) is 0 Å². The van der Waals surface area contributed by atoms with Crippen LogP contribution in [0, 0.1) is 0 Å². The van der Waals surface area contributed by atoms with Gasteiger partial charge in [0.15, 0.2) is 0 Å². The fourth-order valence-corrected chi connectivity index (χ4v) is 14.8. The smallest absolute Gasteiger partial charge is 0.104 e. The van der Waals surface area contributed by atoms with Crippen LogP contribution in [0.5, 0.6) is 0 Å². The van der Waals surface area contributed by atoms with Gasteiger partial charge in [0.25, 0.3) is 0 Å². The van der Waals surface area contributed by atoms with E-state index in [0.29, 0.717) is 0 Å². The molecule has 6 nitrogen and oxygen atoms in total. The molecule has 12 heteroatoms. The van der Waals surface area contributed by atoms with Gasteiger partial charge in [-0.25, -0.2) is 15.0 Å². The summed E-state index contributed by atoms with van der Waals surface area (Å²) in [4.78, 5) is 21.9. The van der Waals surface area contributed by atoms with E-state index in [1.54, 1.807) is 35.3 Å². The number of halogens is 3. The van der Waals surface area contributed by atoms with Gasteiger partial charge in [-0.1, -0.05) is 236 Å². The predicted molar refractivity (Wildman–Crippen MR) is 429 cm³/mol. The van der Waals surface area contributed by atoms with Crippen LogP contribution in [0.15, 0.2) is 289 Å². The van der Waals surface area contributed by atoms with Gasteiger partial charge in [0.1, 0.15) is 15.1 Å². The van der Waals surface area contributed by atoms with Crippen LogP contribution in [0.3, 0.4) is 0 Å². The lowest BCUT2D eigenvalue weighted by molar-refractivity contribution is 0.419. The van der Waals surface area contributed by atoms with Crippen molar-refractivity contribution in [2.75, 3.05) is 80.7 Å². The number of rotatable bonds is 21. The van der Waals surface area contributed by atoms with Crippen molar-refractivity contribution in [2.45, 2.75) is 33.8 Å². The van der Waals surface area contributed by atoms with Crippen LogP contribution in [0.4, 0.5) is 0 Å². The van der Waals surface area contributed by atoms with Crippen molar-refractivity contribution >= 4 is 144 Å². The summed E-state index contributed by atoms with van der Waals surface area (Å²) in [5, 5.41) is 6.60. The highest BCUT2D eigenvalue weighted by Crippen LogP contribution is 2.44. The number of benzene rings is 9. The number of aromatic nitrogens is 3. The lowest BCUT2D eigenvalue weighted by atomic mass is 9.81. The maximum atomic E-state index is 5.06. The average Bonchev–Trinajstić information content (AvgIpc) is 0.789. The van der Waals surface area contributed by atoms with Crippen molar-refractivity contribution in [1.82, 2.24) is 29.7 Å². The molecule has 0 amide bonds. The molecule has 3 heterocycles. The maximum Gasteiger partial charge on any atom is 0.104 e. The van der Waals surface area contributed by atoms with Gasteiger partial charge in [-0.15, -0.1) is 35.3 Å². The predicted octanol–water partition coefficient (Wildman–Crippen LogP) is 22.8. The molecule has 1 atom stereocenters. The first-order chi connectivity index (χ1) is 46.7. The minimum atomic E-state index is 0.0804. The molecule has 0 N–H and O–H groups in total. The van der Waals surface area contributed by atoms with E-state index < -0.39 is 0 Å². The van der Waals surface area contributed by atoms with Crippen molar-refractivity contribution in [3.05, 3.63) is 324 Å². The third-order valence-corrected chi connectivity index (χ3v) is 20.1. The number of hydrogen-bond acceptors (Lipinski definition) is 9. The van der Waals surface area contributed by atoms with E-state index >= 15 is 0 Å². The van der Waals surface area contributed by atoms with Gasteiger partial charge in [-0.2, -0.15) is 0 Å². The van der Waals surface area contributed by atoms with Gasteiger partial charge in [-0.05, 0) is 214 Å². The lowest BCUT2D eigenvalue weighted by Crippen LogP contribution is -2.14. The average molecular weight is 1510 g/mol. The van der Waals surface area contributed by atoms with Crippen LogP contribution in [0.25, 0.3) is 60.6 Å². The largest absolute Gasteiger partial charge is 0.309 e. The fourth-order valence-electron chi connectivity index (χ4n) is 11.9.